The minimum atomic E-state index is 0.110. The van der Waals surface area contributed by atoms with Crippen molar-refractivity contribution in [1.82, 2.24) is 0 Å². The summed E-state index contributed by atoms with van der Waals surface area (Å²) in [6, 6.07) is 5.87. The monoisotopic (exact) mass is 174 g/mol. The second-order valence-electron chi connectivity index (χ2n) is 3.18. The summed E-state index contributed by atoms with van der Waals surface area (Å²) >= 11 is 0. The van der Waals surface area contributed by atoms with E-state index < -0.39 is 0 Å². The van der Waals surface area contributed by atoms with Crippen molar-refractivity contribution in [2.45, 2.75) is 13.8 Å². The quantitative estimate of drug-likeness (QED) is 0.642. The molecule has 0 fully saturated rings. The summed E-state index contributed by atoms with van der Waals surface area (Å²) in [6.07, 6.45) is 0. The third-order valence-corrected chi connectivity index (χ3v) is 2.17. The lowest BCUT2D eigenvalue weighted by molar-refractivity contribution is 0.439. The Morgan fingerprint density at radius 1 is 1.38 bits per heavy atom. The number of rotatable bonds is 1. The smallest absolute Gasteiger partial charge is 0.111 e. The maximum Gasteiger partial charge on any atom is 0.111 e. The fourth-order valence-electron chi connectivity index (χ4n) is 1.41. The summed E-state index contributed by atoms with van der Waals surface area (Å²) in [6.45, 7) is 11.3. The summed E-state index contributed by atoms with van der Waals surface area (Å²) in [5.74, 6) is 0.110. The molecule has 1 heteroatoms. The Bertz CT molecular complexity index is 441. The predicted molar refractivity (Wildman–Crippen MR) is 56.8 cm³/mol. The van der Waals surface area contributed by atoms with Gasteiger partial charge in [-0.2, -0.15) is 0 Å². The van der Waals surface area contributed by atoms with Gasteiger partial charge in [0.2, 0.25) is 0 Å². The minimum absolute atomic E-state index is 0.110. The minimum Gasteiger partial charge on any atom is -0.508 e. The first-order valence-electron chi connectivity index (χ1n) is 4.17. The van der Waals surface area contributed by atoms with Gasteiger partial charge in [0.15, 0.2) is 0 Å². The van der Waals surface area contributed by atoms with Crippen molar-refractivity contribution >= 4 is 12.2 Å². The molecule has 68 valence electrons. The van der Waals surface area contributed by atoms with E-state index in [-0.39, 0.29) is 5.76 Å². The van der Waals surface area contributed by atoms with Gasteiger partial charge in [-0.15, -0.1) is 0 Å². The SMILES string of the molecule is C=C(O)/C(C)=c1/c(C)cccc1=C. The van der Waals surface area contributed by atoms with Crippen molar-refractivity contribution in [3.63, 3.8) is 0 Å². The second-order valence-corrected chi connectivity index (χ2v) is 3.18. The Morgan fingerprint density at radius 2 is 2.00 bits per heavy atom. The Hall–Kier alpha value is -1.50. The average Bonchev–Trinajstić information content (AvgIpc) is 2.03. The third kappa shape index (κ3) is 1.81. The molecule has 0 atom stereocenters. The third-order valence-electron chi connectivity index (χ3n) is 2.17. The molecule has 0 unspecified atom stereocenters. The van der Waals surface area contributed by atoms with Gasteiger partial charge in [-0.1, -0.05) is 31.4 Å². The van der Waals surface area contributed by atoms with Gasteiger partial charge in [-0.05, 0) is 35.4 Å². The predicted octanol–water partition coefficient (Wildman–Crippen LogP) is 1.65. The topological polar surface area (TPSA) is 20.2 Å². The van der Waals surface area contributed by atoms with Crippen LogP contribution in [0.2, 0.25) is 0 Å². The van der Waals surface area contributed by atoms with Gasteiger partial charge in [0.1, 0.15) is 5.76 Å². The zero-order valence-corrected chi connectivity index (χ0v) is 8.09. The van der Waals surface area contributed by atoms with Gasteiger partial charge in [-0.3, -0.25) is 0 Å². The van der Waals surface area contributed by atoms with Gasteiger partial charge in [0.25, 0.3) is 0 Å². The van der Waals surface area contributed by atoms with E-state index in [0.29, 0.717) is 0 Å². The highest BCUT2D eigenvalue weighted by Crippen LogP contribution is 2.00. The van der Waals surface area contributed by atoms with Crippen LogP contribution in [0.1, 0.15) is 12.5 Å². The van der Waals surface area contributed by atoms with Gasteiger partial charge < -0.3 is 5.11 Å². The molecule has 0 aliphatic rings. The molecule has 1 N–H and O–H groups in total. The zero-order valence-electron chi connectivity index (χ0n) is 8.09. The van der Waals surface area contributed by atoms with E-state index in [1.807, 2.05) is 32.0 Å². The molecule has 0 bridgehead atoms. The van der Waals surface area contributed by atoms with Gasteiger partial charge in [0.05, 0.1) is 0 Å². The van der Waals surface area contributed by atoms with Gasteiger partial charge in [0, 0.05) is 0 Å². The molecular formula is C12H14O. The van der Waals surface area contributed by atoms with Crippen LogP contribution in [0.25, 0.3) is 12.2 Å². The van der Waals surface area contributed by atoms with Crippen LogP contribution < -0.4 is 10.4 Å². The van der Waals surface area contributed by atoms with Crippen LogP contribution in [0.4, 0.5) is 0 Å². The van der Waals surface area contributed by atoms with Crippen molar-refractivity contribution in [3.8, 4) is 0 Å². The van der Waals surface area contributed by atoms with Gasteiger partial charge in [-0.25, -0.2) is 0 Å². The molecule has 0 spiro atoms. The van der Waals surface area contributed by atoms with Crippen LogP contribution in [0, 0.1) is 6.92 Å². The van der Waals surface area contributed by atoms with Crippen LogP contribution in [-0.2, 0) is 0 Å². The molecule has 0 heterocycles. The first-order chi connectivity index (χ1) is 6.04. The molecule has 0 aliphatic heterocycles. The van der Waals surface area contributed by atoms with Crippen LogP contribution in [0.15, 0.2) is 30.5 Å². The van der Waals surface area contributed by atoms with Crippen LogP contribution >= 0.6 is 0 Å². The number of benzene rings is 1. The number of aryl methyl sites for hydroxylation is 1. The van der Waals surface area contributed by atoms with Crippen molar-refractivity contribution in [2.75, 3.05) is 0 Å². The summed E-state index contributed by atoms with van der Waals surface area (Å²) in [4.78, 5) is 0. The molecule has 0 aromatic heterocycles. The summed E-state index contributed by atoms with van der Waals surface area (Å²) < 4.78 is 0. The maximum atomic E-state index is 9.26. The lowest BCUT2D eigenvalue weighted by atomic mass is 10.1. The Balaban J connectivity index is 3.72. The van der Waals surface area contributed by atoms with Crippen molar-refractivity contribution in [1.29, 1.82) is 0 Å². The second kappa shape index (κ2) is 3.48. The summed E-state index contributed by atoms with van der Waals surface area (Å²) in [5.41, 5.74) is 1.91. The molecular weight excluding hydrogens is 160 g/mol. The standard InChI is InChI=1S/C12H14O/c1-8-6-5-7-9(2)12(8)10(3)11(4)13/h5-7,13H,1,4H2,2-3H3/b12-10+. The molecule has 0 amide bonds. The largest absolute Gasteiger partial charge is 0.508 e. The molecule has 0 saturated carbocycles. The Kier molecular flexibility index (Phi) is 2.57. The fourth-order valence-corrected chi connectivity index (χ4v) is 1.41. The Morgan fingerprint density at radius 3 is 2.46 bits per heavy atom. The van der Waals surface area contributed by atoms with E-state index in [9.17, 15) is 5.11 Å². The summed E-state index contributed by atoms with van der Waals surface area (Å²) in [7, 11) is 0. The van der Waals surface area contributed by atoms with Gasteiger partial charge >= 0.3 is 0 Å². The molecule has 1 rings (SSSR count). The van der Waals surface area contributed by atoms with E-state index in [4.69, 9.17) is 0 Å². The highest BCUT2D eigenvalue weighted by Gasteiger charge is 1.97. The zero-order chi connectivity index (χ0) is 10.0. The molecule has 0 aliphatic carbocycles. The number of aliphatic hydroxyl groups is 1. The molecule has 0 radical (unpaired) electrons. The molecule has 1 aromatic carbocycles. The number of allylic oxidation sites excluding steroid dienone is 1. The highest BCUT2D eigenvalue weighted by atomic mass is 16.3. The van der Waals surface area contributed by atoms with E-state index in [1.54, 1.807) is 0 Å². The molecule has 1 aromatic rings. The van der Waals surface area contributed by atoms with Crippen molar-refractivity contribution in [2.24, 2.45) is 0 Å². The van der Waals surface area contributed by atoms with E-state index in [0.717, 1.165) is 21.6 Å². The first-order valence-corrected chi connectivity index (χ1v) is 4.17. The van der Waals surface area contributed by atoms with Crippen molar-refractivity contribution < 1.29 is 5.11 Å². The first kappa shape index (κ1) is 9.59. The van der Waals surface area contributed by atoms with Crippen LogP contribution in [0.5, 0.6) is 0 Å². The lowest BCUT2D eigenvalue weighted by Gasteiger charge is -2.01. The fraction of sp³-hybridized carbons (Fsp3) is 0.167. The molecule has 0 saturated heterocycles. The summed E-state index contributed by atoms with van der Waals surface area (Å²) in [5, 5.41) is 11.2. The van der Waals surface area contributed by atoms with Crippen LogP contribution in [0.3, 0.4) is 0 Å². The van der Waals surface area contributed by atoms with E-state index in [2.05, 4.69) is 13.2 Å². The average molecular weight is 174 g/mol. The number of hydrogen-bond donors (Lipinski definition) is 1. The number of hydrogen-bond acceptors (Lipinski definition) is 1. The Labute approximate surface area is 78.3 Å². The molecule has 1 nitrogen and oxygen atoms in total. The maximum absolute atomic E-state index is 9.26. The van der Waals surface area contributed by atoms with Crippen molar-refractivity contribution in [3.05, 3.63) is 46.5 Å². The lowest BCUT2D eigenvalue weighted by Crippen LogP contribution is -2.28. The number of aliphatic hydroxyl groups excluding tert-OH is 1. The van der Waals surface area contributed by atoms with E-state index >= 15 is 0 Å². The normalized spacial score (nSPS) is 12.5. The van der Waals surface area contributed by atoms with E-state index in [1.165, 1.54) is 0 Å². The van der Waals surface area contributed by atoms with Crippen LogP contribution in [-0.4, -0.2) is 5.11 Å². The molecule has 13 heavy (non-hydrogen) atoms. The highest BCUT2D eigenvalue weighted by molar-refractivity contribution is 5.58.